The van der Waals surface area contributed by atoms with Crippen LogP contribution in [0.3, 0.4) is 0 Å². The van der Waals surface area contributed by atoms with E-state index in [1.54, 1.807) is 38.1 Å². The number of aromatic nitrogens is 1. The number of amides is 1. The van der Waals surface area contributed by atoms with Crippen molar-refractivity contribution in [3.05, 3.63) is 58.5 Å². The quantitative estimate of drug-likeness (QED) is 0.899. The van der Waals surface area contributed by atoms with Gasteiger partial charge in [0, 0.05) is 12.7 Å². The molecule has 0 aliphatic rings. The number of carbonyl (C=O) groups is 1. The van der Waals surface area contributed by atoms with E-state index >= 15 is 0 Å². The normalized spacial score (nSPS) is 10.3. The number of nitrogens with one attached hydrogen (secondary N) is 1. The first-order valence-electron chi connectivity index (χ1n) is 6.22. The highest BCUT2D eigenvalue weighted by Crippen LogP contribution is 2.15. The number of aryl methyl sites for hydroxylation is 2. The Morgan fingerprint density at radius 3 is 2.45 bits per heavy atom. The van der Waals surface area contributed by atoms with Crippen LogP contribution in [0.5, 0.6) is 0 Å². The van der Waals surface area contributed by atoms with Crippen molar-refractivity contribution < 1.29 is 9.18 Å². The summed E-state index contributed by atoms with van der Waals surface area (Å²) in [5.74, 6) is -0.0406. The number of benzene rings is 1. The molecule has 0 atom stereocenters. The van der Waals surface area contributed by atoms with Crippen LogP contribution in [0.15, 0.2) is 30.5 Å². The third-order valence-electron chi connectivity index (χ3n) is 3.02. The second-order valence-corrected chi connectivity index (χ2v) is 4.69. The van der Waals surface area contributed by atoms with Crippen LogP contribution in [-0.4, -0.2) is 10.9 Å². The van der Waals surface area contributed by atoms with Gasteiger partial charge < -0.3 is 11.1 Å². The standard InChI is InChI=1S/C15H16FN3O/c1-9-5-11(6-10(2)14(9)16)7-18-13-4-3-12(8-19-13)15(17)20/h3-6,8H,7H2,1-2H3,(H2,17,20)(H,18,19). The molecule has 2 aromatic rings. The number of hydrogen-bond donors (Lipinski definition) is 2. The average Bonchev–Trinajstić information content (AvgIpc) is 2.42. The summed E-state index contributed by atoms with van der Waals surface area (Å²) in [5.41, 5.74) is 7.73. The Balaban J connectivity index is 2.07. The second-order valence-electron chi connectivity index (χ2n) is 4.69. The molecule has 1 amide bonds. The summed E-state index contributed by atoms with van der Waals surface area (Å²) < 4.78 is 13.5. The number of pyridine rings is 1. The van der Waals surface area contributed by atoms with Gasteiger partial charge >= 0.3 is 0 Å². The molecule has 0 spiro atoms. The molecule has 0 saturated heterocycles. The minimum Gasteiger partial charge on any atom is -0.366 e. The first-order chi connectivity index (χ1) is 9.47. The molecular weight excluding hydrogens is 257 g/mol. The molecule has 3 N–H and O–H groups in total. The Labute approximate surface area is 116 Å². The van der Waals surface area contributed by atoms with E-state index in [0.29, 0.717) is 29.1 Å². The van der Waals surface area contributed by atoms with E-state index < -0.39 is 5.91 Å². The van der Waals surface area contributed by atoms with Gasteiger partial charge in [-0.3, -0.25) is 4.79 Å². The Hall–Kier alpha value is -2.43. The minimum absolute atomic E-state index is 0.169. The lowest BCUT2D eigenvalue weighted by atomic mass is 10.1. The van der Waals surface area contributed by atoms with Gasteiger partial charge in [-0.25, -0.2) is 9.37 Å². The van der Waals surface area contributed by atoms with Crippen LogP contribution in [-0.2, 0) is 6.54 Å². The smallest absolute Gasteiger partial charge is 0.250 e. The largest absolute Gasteiger partial charge is 0.366 e. The van der Waals surface area contributed by atoms with E-state index in [4.69, 9.17) is 5.73 Å². The molecule has 0 fully saturated rings. The second kappa shape index (κ2) is 5.69. The molecule has 20 heavy (non-hydrogen) atoms. The van der Waals surface area contributed by atoms with Gasteiger partial charge in [0.15, 0.2) is 0 Å². The molecule has 1 aromatic heterocycles. The van der Waals surface area contributed by atoms with Crippen molar-refractivity contribution in [2.75, 3.05) is 5.32 Å². The highest BCUT2D eigenvalue weighted by molar-refractivity contribution is 5.92. The van der Waals surface area contributed by atoms with E-state index in [-0.39, 0.29) is 5.82 Å². The summed E-state index contributed by atoms with van der Waals surface area (Å²) in [6.07, 6.45) is 1.42. The average molecular weight is 273 g/mol. The number of carbonyl (C=O) groups excluding carboxylic acids is 1. The molecule has 0 aliphatic heterocycles. The molecule has 0 unspecified atom stereocenters. The molecule has 1 heterocycles. The highest BCUT2D eigenvalue weighted by atomic mass is 19.1. The third-order valence-corrected chi connectivity index (χ3v) is 3.02. The van der Waals surface area contributed by atoms with E-state index in [2.05, 4.69) is 10.3 Å². The summed E-state index contributed by atoms with van der Waals surface area (Å²) in [5, 5.41) is 3.12. The zero-order valence-electron chi connectivity index (χ0n) is 11.4. The van der Waals surface area contributed by atoms with Gasteiger partial charge in [-0.2, -0.15) is 0 Å². The topological polar surface area (TPSA) is 68.0 Å². The highest BCUT2D eigenvalue weighted by Gasteiger charge is 2.05. The number of rotatable bonds is 4. The molecule has 2 rings (SSSR count). The predicted molar refractivity (Wildman–Crippen MR) is 76.0 cm³/mol. The molecule has 4 nitrogen and oxygen atoms in total. The van der Waals surface area contributed by atoms with Crippen LogP contribution >= 0.6 is 0 Å². The fraction of sp³-hybridized carbons (Fsp3) is 0.200. The van der Waals surface area contributed by atoms with Crippen molar-refractivity contribution in [3.63, 3.8) is 0 Å². The Morgan fingerprint density at radius 2 is 1.95 bits per heavy atom. The predicted octanol–water partition coefficient (Wildman–Crippen LogP) is 2.55. The fourth-order valence-electron chi connectivity index (χ4n) is 1.97. The molecule has 5 heteroatoms. The lowest BCUT2D eigenvalue weighted by molar-refractivity contribution is 0.1000. The number of hydrogen-bond acceptors (Lipinski definition) is 3. The number of halogens is 1. The van der Waals surface area contributed by atoms with Crippen LogP contribution in [0.4, 0.5) is 10.2 Å². The first kappa shape index (κ1) is 14.0. The lowest BCUT2D eigenvalue weighted by Gasteiger charge is -2.09. The maximum atomic E-state index is 13.5. The van der Waals surface area contributed by atoms with Crippen LogP contribution in [0, 0.1) is 19.7 Å². The Morgan fingerprint density at radius 1 is 1.30 bits per heavy atom. The van der Waals surface area contributed by atoms with Gasteiger partial charge in [-0.05, 0) is 42.7 Å². The van der Waals surface area contributed by atoms with E-state index in [0.717, 1.165) is 5.56 Å². The molecule has 1 aromatic carbocycles. The van der Waals surface area contributed by atoms with Gasteiger partial charge in [0.25, 0.3) is 0 Å². The maximum absolute atomic E-state index is 13.5. The number of nitrogens with zero attached hydrogens (tertiary/aromatic N) is 1. The maximum Gasteiger partial charge on any atom is 0.250 e. The van der Waals surface area contributed by atoms with Crippen LogP contribution in [0.2, 0.25) is 0 Å². The summed E-state index contributed by atoms with van der Waals surface area (Å²) in [6, 6.07) is 6.89. The fourth-order valence-corrected chi connectivity index (χ4v) is 1.97. The van der Waals surface area contributed by atoms with Gasteiger partial charge in [-0.1, -0.05) is 12.1 Å². The van der Waals surface area contributed by atoms with Crippen molar-refractivity contribution in [1.29, 1.82) is 0 Å². The van der Waals surface area contributed by atoms with Crippen molar-refractivity contribution in [2.45, 2.75) is 20.4 Å². The molecule has 0 radical (unpaired) electrons. The van der Waals surface area contributed by atoms with Crippen molar-refractivity contribution in [2.24, 2.45) is 5.73 Å². The Kier molecular flexibility index (Phi) is 3.98. The zero-order valence-corrected chi connectivity index (χ0v) is 11.4. The SMILES string of the molecule is Cc1cc(CNc2ccc(C(N)=O)cn2)cc(C)c1F. The summed E-state index contributed by atoms with van der Waals surface area (Å²) in [6.45, 7) is 4.02. The van der Waals surface area contributed by atoms with Gasteiger partial charge in [0.05, 0.1) is 5.56 Å². The Bertz CT molecular complexity index is 615. The minimum atomic E-state index is -0.506. The molecule has 0 aliphatic carbocycles. The van der Waals surface area contributed by atoms with E-state index in [1.807, 2.05) is 0 Å². The summed E-state index contributed by atoms with van der Waals surface area (Å²) in [4.78, 5) is 15.0. The molecule has 0 bridgehead atoms. The third kappa shape index (κ3) is 3.12. The number of primary amides is 1. The van der Waals surface area contributed by atoms with Crippen molar-refractivity contribution >= 4 is 11.7 Å². The van der Waals surface area contributed by atoms with Crippen LogP contribution in [0.25, 0.3) is 0 Å². The molecule has 104 valence electrons. The first-order valence-corrected chi connectivity index (χ1v) is 6.22. The molecular formula is C15H16FN3O. The van der Waals surface area contributed by atoms with Gasteiger partial charge in [-0.15, -0.1) is 0 Å². The summed E-state index contributed by atoms with van der Waals surface area (Å²) in [7, 11) is 0. The zero-order chi connectivity index (χ0) is 14.7. The van der Waals surface area contributed by atoms with E-state index in [1.165, 1.54) is 6.20 Å². The van der Waals surface area contributed by atoms with Gasteiger partial charge in [0.2, 0.25) is 5.91 Å². The number of anilines is 1. The summed E-state index contributed by atoms with van der Waals surface area (Å²) >= 11 is 0. The number of nitrogens with two attached hydrogens (primary N) is 1. The monoisotopic (exact) mass is 273 g/mol. The van der Waals surface area contributed by atoms with Crippen LogP contribution < -0.4 is 11.1 Å². The van der Waals surface area contributed by atoms with Crippen LogP contribution in [0.1, 0.15) is 27.0 Å². The van der Waals surface area contributed by atoms with E-state index in [9.17, 15) is 9.18 Å². The van der Waals surface area contributed by atoms with Crippen molar-refractivity contribution in [1.82, 2.24) is 4.98 Å². The molecule has 0 saturated carbocycles. The van der Waals surface area contributed by atoms with Gasteiger partial charge in [0.1, 0.15) is 11.6 Å². The lowest BCUT2D eigenvalue weighted by Crippen LogP contribution is -2.11. The van der Waals surface area contributed by atoms with Crippen molar-refractivity contribution in [3.8, 4) is 0 Å².